The Hall–Kier alpha value is -2.93. The van der Waals surface area contributed by atoms with E-state index in [0.29, 0.717) is 18.1 Å². The highest BCUT2D eigenvalue weighted by Crippen LogP contribution is 2.26. The molecule has 0 aliphatic rings. The Morgan fingerprint density at radius 3 is 2.43 bits per heavy atom. The highest BCUT2D eigenvalue weighted by Gasteiger charge is 2.24. The van der Waals surface area contributed by atoms with Crippen LogP contribution >= 0.6 is 11.6 Å². The first kappa shape index (κ1) is 21.8. The first-order valence-corrected chi connectivity index (χ1v) is 9.82. The van der Waals surface area contributed by atoms with Crippen LogP contribution in [-0.4, -0.2) is 21.8 Å². The number of hydrogen-bond donors (Lipinski definition) is 1. The third-order valence-corrected chi connectivity index (χ3v) is 4.47. The van der Waals surface area contributed by atoms with Crippen LogP contribution in [0.1, 0.15) is 44.1 Å². The van der Waals surface area contributed by atoms with E-state index in [1.807, 2.05) is 24.3 Å². The van der Waals surface area contributed by atoms with Crippen LogP contribution in [0.3, 0.4) is 0 Å². The molecule has 1 aromatic heterocycles. The molecular formula is C22H23ClFN3O3. The molecule has 1 unspecified atom stereocenters. The van der Waals surface area contributed by atoms with Crippen molar-refractivity contribution < 1.29 is 18.4 Å². The normalized spacial score (nSPS) is 12.5. The molecule has 1 amide bonds. The highest BCUT2D eigenvalue weighted by atomic mass is 35.5. The number of amides is 1. The molecule has 3 aromatic rings. The third kappa shape index (κ3) is 5.79. The first-order chi connectivity index (χ1) is 14.1. The number of hydrogen-bond acceptors (Lipinski definition) is 5. The monoisotopic (exact) mass is 431 g/mol. The van der Waals surface area contributed by atoms with Gasteiger partial charge >= 0.3 is 6.09 Å². The molecule has 0 bridgehead atoms. The Bertz CT molecular complexity index is 1030. The molecule has 158 valence electrons. The van der Waals surface area contributed by atoms with Crippen molar-refractivity contribution in [2.75, 3.05) is 0 Å². The summed E-state index contributed by atoms with van der Waals surface area (Å²) in [6, 6.07) is 11.7. The Balaban J connectivity index is 1.78. The Morgan fingerprint density at radius 1 is 1.20 bits per heavy atom. The van der Waals surface area contributed by atoms with Gasteiger partial charge in [0.25, 0.3) is 0 Å². The molecule has 0 spiro atoms. The minimum atomic E-state index is -0.628. The van der Waals surface area contributed by atoms with E-state index in [1.54, 1.807) is 39.8 Å². The molecule has 0 saturated carbocycles. The maximum atomic E-state index is 13.4. The Kier molecular flexibility index (Phi) is 6.41. The average molecular weight is 432 g/mol. The molecule has 3 rings (SSSR count). The molecule has 6 nitrogen and oxygen atoms in total. The predicted molar refractivity (Wildman–Crippen MR) is 112 cm³/mol. The fourth-order valence-electron chi connectivity index (χ4n) is 2.85. The summed E-state index contributed by atoms with van der Waals surface area (Å²) in [5, 5.41) is 6.68. The lowest BCUT2D eigenvalue weighted by Gasteiger charge is -2.22. The number of aromatic nitrogens is 2. The van der Waals surface area contributed by atoms with Gasteiger partial charge in [-0.3, -0.25) is 0 Å². The molecule has 0 fully saturated rings. The molecule has 0 aliphatic heterocycles. The van der Waals surface area contributed by atoms with Crippen molar-refractivity contribution in [3.8, 4) is 11.1 Å². The zero-order valence-electron chi connectivity index (χ0n) is 17.2. The number of aryl methyl sites for hydroxylation is 1. The standard InChI is InChI=1S/C22H23ClFN3O3/c1-13-25-20(30-27-13)19(26-21(28)29-22(2,3)4)11-14-5-7-15(8-6-14)16-9-10-18(24)17(23)12-16/h5-10,12,19H,11H2,1-4H3,(H,26,28). The number of benzene rings is 2. The van der Waals surface area contributed by atoms with Crippen LogP contribution in [0.5, 0.6) is 0 Å². The number of carbonyl (C=O) groups excluding carboxylic acids is 1. The second-order valence-electron chi connectivity index (χ2n) is 7.91. The molecule has 0 aliphatic carbocycles. The summed E-state index contributed by atoms with van der Waals surface area (Å²) in [6.07, 6.45) is -0.147. The van der Waals surface area contributed by atoms with Crippen LogP contribution in [0.4, 0.5) is 9.18 Å². The Labute approximate surface area is 179 Å². The van der Waals surface area contributed by atoms with E-state index in [9.17, 15) is 9.18 Å². The number of alkyl carbamates (subject to hydrolysis) is 1. The summed E-state index contributed by atoms with van der Waals surface area (Å²) >= 11 is 5.88. The van der Waals surface area contributed by atoms with Gasteiger partial charge in [0.1, 0.15) is 17.5 Å². The van der Waals surface area contributed by atoms with E-state index in [2.05, 4.69) is 15.5 Å². The molecule has 1 atom stereocenters. The zero-order valence-corrected chi connectivity index (χ0v) is 18.0. The highest BCUT2D eigenvalue weighted by molar-refractivity contribution is 6.31. The van der Waals surface area contributed by atoms with E-state index >= 15 is 0 Å². The maximum Gasteiger partial charge on any atom is 0.408 e. The SMILES string of the molecule is Cc1noc(C(Cc2ccc(-c3ccc(F)c(Cl)c3)cc2)NC(=O)OC(C)(C)C)n1. The van der Waals surface area contributed by atoms with Crippen molar-refractivity contribution in [3.05, 3.63) is 70.6 Å². The van der Waals surface area contributed by atoms with Crippen LogP contribution < -0.4 is 5.32 Å². The van der Waals surface area contributed by atoms with E-state index in [-0.39, 0.29) is 5.02 Å². The summed E-state index contributed by atoms with van der Waals surface area (Å²) in [6.45, 7) is 7.08. The van der Waals surface area contributed by atoms with Gasteiger partial charge in [-0.25, -0.2) is 9.18 Å². The van der Waals surface area contributed by atoms with Gasteiger partial charge in [-0.2, -0.15) is 4.98 Å². The van der Waals surface area contributed by atoms with Gasteiger partial charge in [0.05, 0.1) is 5.02 Å². The van der Waals surface area contributed by atoms with Crippen molar-refractivity contribution >= 4 is 17.7 Å². The number of rotatable bonds is 5. The fraction of sp³-hybridized carbons (Fsp3) is 0.318. The number of halogens is 2. The van der Waals surface area contributed by atoms with Gasteiger partial charge in [0.15, 0.2) is 5.82 Å². The summed E-state index contributed by atoms with van der Waals surface area (Å²) in [5.41, 5.74) is 2.01. The van der Waals surface area contributed by atoms with Crippen molar-refractivity contribution in [2.24, 2.45) is 0 Å². The largest absolute Gasteiger partial charge is 0.444 e. The Morgan fingerprint density at radius 2 is 1.87 bits per heavy atom. The van der Waals surface area contributed by atoms with Gasteiger partial charge in [-0.1, -0.05) is 47.1 Å². The van der Waals surface area contributed by atoms with E-state index in [1.165, 1.54) is 6.07 Å². The van der Waals surface area contributed by atoms with Crippen LogP contribution in [0.25, 0.3) is 11.1 Å². The van der Waals surface area contributed by atoms with E-state index < -0.39 is 23.6 Å². The minimum absolute atomic E-state index is 0.0740. The number of ether oxygens (including phenoxy) is 1. The number of nitrogens with one attached hydrogen (secondary N) is 1. The molecule has 8 heteroatoms. The molecule has 30 heavy (non-hydrogen) atoms. The lowest BCUT2D eigenvalue weighted by atomic mass is 10.0. The van der Waals surface area contributed by atoms with Crippen LogP contribution in [0.2, 0.25) is 5.02 Å². The fourth-order valence-corrected chi connectivity index (χ4v) is 3.03. The van der Waals surface area contributed by atoms with Crippen molar-refractivity contribution in [2.45, 2.75) is 45.8 Å². The quantitative estimate of drug-likeness (QED) is 0.565. The second kappa shape index (κ2) is 8.83. The topological polar surface area (TPSA) is 77.2 Å². The first-order valence-electron chi connectivity index (χ1n) is 9.45. The average Bonchev–Trinajstić information content (AvgIpc) is 3.09. The van der Waals surface area contributed by atoms with Crippen LogP contribution in [0.15, 0.2) is 47.0 Å². The van der Waals surface area contributed by atoms with Crippen LogP contribution in [-0.2, 0) is 11.2 Å². The molecule has 1 N–H and O–H groups in total. The summed E-state index contributed by atoms with van der Waals surface area (Å²) < 4.78 is 24.0. The van der Waals surface area contributed by atoms with E-state index in [4.69, 9.17) is 20.9 Å². The third-order valence-electron chi connectivity index (χ3n) is 4.18. The summed E-state index contributed by atoms with van der Waals surface area (Å²) in [7, 11) is 0. The summed E-state index contributed by atoms with van der Waals surface area (Å²) in [5.74, 6) is 0.320. The van der Waals surface area contributed by atoms with Crippen molar-refractivity contribution in [3.63, 3.8) is 0 Å². The molecule has 0 radical (unpaired) electrons. The lowest BCUT2D eigenvalue weighted by molar-refractivity contribution is 0.0493. The molecule has 0 saturated heterocycles. The molecule has 2 aromatic carbocycles. The van der Waals surface area contributed by atoms with E-state index in [0.717, 1.165) is 16.7 Å². The number of carbonyl (C=O) groups is 1. The van der Waals surface area contributed by atoms with Crippen molar-refractivity contribution in [1.82, 2.24) is 15.5 Å². The molecule has 1 heterocycles. The predicted octanol–water partition coefficient (Wildman–Crippen LogP) is 5.65. The summed E-state index contributed by atoms with van der Waals surface area (Å²) in [4.78, 5) is 16.5. The second-order valence-corrected chi connectivity index (χ2v) is 8.32. The van der Waals surface area contributed by atoms with Gasteiger partial charge in [-0.05, 0) is 56.5 Å². The lowest BCUT2D eigenvalue weighted by Crippen LogP contribution is -2.36. The van der Waals surface area contributed by atoms with Crippen LogP contribution in [0, 0.1) is 12.7 Å². The van der Waals surface area contributed by atoms with Gasteiger partial charge < -0.3 is 14.6 Å². The minimum Gasteiger partial charge on any atom is -0.444 e. The number of nitrogens with zero attached hydrogens (tertiary/aromatic N) is 2. The van der Waals surface area contributed by atoms with Crippen molar-refractivity contribution in [1.29, 1.82) is 0 Å². The molecular weight excluding hydrogens is 409 g/mol. The smallest absolute Gasteiger partial charge is 0.408 e. The van der Waals surface area contributed by atoms with Gasteiger partial charge in [0.2, 0.25) is 5.89 Å². The maximum absolute atomic E-state index is 13.4. The van der Waals surface area contributed by atoms with Gasteiger partial charge in [0, 0.05) is 6.42 Å². The zero-order chi connectivity index (χ0) is 21.9. The van der Waals surface area contributed by atoms with Gasteiger partial charge in [-0.15, -0.1) is 0 Å².